The number of Topliss-reactive ketones (excluding diaryl/α,β-unsaturated/α-hetero) is 1. The van der Waals surface area contributed by atoms with E-state index in [1.54, 1.807) is 43.3 Å². The Hall–Kier alpha value is -3.15. The third-order valence-corrected chi connectivity index (χ3v) is 3.99. The van der Waals surface area contributed by atoms with Crippen LogP contribution >= 0.6 is 0 Å². The van der Waals surface area contributed by atoms with Crippen molar-refractivity contribution in [2.75, 3.05) is 0 Å². The van der Waals surface area contributed by atoms with E-state index in [0.717, 1.165) is 11.1 Å². The van der Waals surface area contributed by atoms with Crippen LogP contribution in [0.25, 0.3) is 0 Å². The van der Waals surface area contributed by atoms with Crippen LogP contribution in [0.4, 0.5) is 4.79 Å². The lowest BCUT2D eigenvalue weighted by Crippen LogP contribution is -2.42. The number of hydrogen-bond acceptors (Lipinski definition) is 4. The molecule has 0 saturated heterocycles. The van der Waals surface area contributed by atoms with Crippen LogP contribution in [-0.4, -0.2) is 29.0 Å². The number of carbonyl (C=O) groups is 3. The summed E-state index contributed by atoms with van der Waals surface area (Å²) in [5, 5.41) is 11.5. The first-order chi connectivity index (χ1) is 12.5. The number of ether oxygens (including phenoxy) is 1. The smallest absolute Gasteiger partial charge is 0.408 e. The first-order valence-electron chi connectivity index (χ1n) is 8.25. The monoisotopic (exact) mass is 355 g/mol. The van der Waals surface area contributed by atoms with Gasteiger partial charge in [-0.2, -0.15) is 0 Å². The fraction of sp³-hybridized carbons (Fsp3) is 0.250. The number of hydrogen-bond donors (Lipinski definition) is 2. The van der Waals surface area contributed by atoms with Crippen LogP contribution in [0, 0.1) is 0 Å². The van der Waals surface area contributed by atoms with E-state index in [1.807, 2.05) is 24.3 Å². The molecule has 0 aliphatic carbocycles. The van der Waals surface area contributed by atoms with E-state index in [2.05, 4.69) is 5.32 Å². The normalized spacial score (nSPS) is 12.7. The zero-order valence-electron chi connectivity index (χ0n) is 14.4. The predicted molar refractivity (Wildman–Crippen MR) is 95.7 cm³/mol. The molecule has 0 radical (unpaired) electrons. The molecule has 0 aliphatic rings. The van der Waals surface area contributed by atoms with Crippen LogP contribution < -0.4 is 5.32 Å². The Morgan fingerprint density at radius 1 is 1.00 bits per heavy atom. The van der Waals surface area contributed by atoms with Crippen LogP contribution in [0.3, 0.4) is 0 Å². The minimum Gasteiger partial charge on any atom is -0.480 e. The van der Waals surface area contributed by atoms with Crippen molar-refractivity contribution in [2.45, 2.75) is 31.9 Å². The summed E-state index contributed by atoms with van der Waals surface area (Å²) >= 11 is 0. The van der Waals surface area contributed by atoms with Crippen molar-refractivity contribution in [1.82, 2.24) is 5.32 Å². The van der Waals surface area contributed by atoms with E-state index in [9.17, 15) is 19.5 Å². The second-order valence-corrected chi connectivity index (χ2v) is 5.90. The summed E-state index contributed by atoms with van der Waals surface area (Å²) in [6.45, 7) is 1.73. The molecular formula is C20H21NO5. The maximum absolute atomic E-state index is 12.4. The van der Waals surface area contributed by atoms with Crippen LogP contribution in [0.15, 0.2) is 60.7 Å². The molecule has 6 nitrogen and oxygen atoms in total. The van der Waals surface area contributed by atoms with Gasteiger partial charge in [0.25, 0.3) is 0 Å². The molecule has 1 amide bonds. The zero-order chi connectivity index (χ0) is 18.9. The number of amides is 1. The summed E-state index contributed by atoms with van der Waals surface area (Å²) in [5.41, 5.74) is 1.58. The first-order valence-corrected chi connectivity index (χ1v) is 8.25. The largest absolute Gasteiger partial charge is 0.480 e. The van der Waals surface area contributed by atoms with Crippen molar-refractivity contribution in [3.8, 4) is 0 Å². The number of carboxylic acid groups (broad SMARTS) is 1. The van der Waals surface area contributed by atoms with E-state index in [4.69, 9.17) is 4.74 Å². The van der Waals surface area contributed by atoms with Crippen molar-refractivity contribution >= 4 is 17.8 Å². The second kappa shape index (κ2) is 9.36. The molecule has 0 aliphatic heterocycles. The third-order valence-electron chi connectivity index (χ3n) is 3.99. The van der Waals surface area contributed by atoms with Crippen LogP contribution in [0.2, 0.25) is 0 Å². The molecule has 0 bridgehead atoms. The van der Waals surface area contributed by atoms with Gasteiger partial charge in [-0.25, -0.2) is 9.59 Å². The minimum absolute atomic E-state index is 0.0212. The maximum Gasteiger partial charge on any atom is 0.408 e. The Bertz CT molecular complexity index is 745. The number of aliphatic carboxylic acids is 1. The molecule has 0 spiro atoms. The SMILES string of the molecule is CC(C(=O)CC(NC(=O)OCc1ccccc1)C(=O)O)c1ccccc1. The van der Waals surface area contributed by atoms with Crippen LogP contribution in [0.1, 0.15) is 30.4 Å². The van der Waals surface area contributed by atoms with Gasteiger partial charge in [0.1, 0.15) is 18.4 Å². The Morgan fingerprint density at radius 3 is 2.15 bits per heavy atom. The number of nitrogens with one attached hydrogen (secondary N) is 1. The lowest BCUT2D eigenvalue weighted by atomic mass is 9.93. The number of carbonyl (C=O) groups excluding carboxylic acids is 2. The van der Waals surface area contributed by atoms with E-state index in [1.165, 1.54) is 0 Å². The first kappa shape index (κ1) is 19.2. The molecule has 26 heavy (non-hydrogen) atoms. The molecule has 0 fully saturated rings. The van der Waals surface area contributed by atoms with Crippen molar-refractivity contribution in [2.24, 2.45) is 0 Å². The predicted octanol–water partition coefficient (Wildman–Crippen LogP) is 3.13. The van der Waals surface area contributed by atoms with Gasteiger partial charge >= 0.3 is 12.1 Å². The highest BCUT2D eigenvalue weighted by molar-refractivity contribution is 5.91. The molecular weight excluding hydrogens is 334 g/mol. The van der Waals surface area contributed by atoms with Crippen molar-refractivity contribution in [3.63, 3.8) is 0 Å². The summed E-state index contributed by atoms with van der Waals surface area (Å²) < 4.78 is 5.01. The Kier molecular flexibility index (Phi) is 6.91. The number of alkyl carbamates (subject to hydrolysis) is 1. The molecule has 2 rings (SSSR count). The lowest BCUT2D eigenvalue weighted by Gasteiger charge is -2.17. The molecule has 2 atom stereocenters. The lowest BCUT2D eigenvalue weighted by molar-refractivity contribution is -0.141. The standard InChI is InChI=1S/C20H21NO5/c1-14(16-10-6-3-7-11-16)18(22)12-17(19(23)24)21-20(25)26-13-15-8-4-2-5-9-15/h2-11,14,17H,12-13H2,1H3,(H,21,25)(H,23,24). The van der Waals surface area contributed by atoms with E-state index >= 15 is 0 Å². The summed E-state index contributed by atoms with van der Waals surface area (Å²) in [4.78, 5) is 35.6. The third kappa shape index (κ3) is 5.73. The summed E-state index contributed by atoms with van der Waals surface area (Å²) in [5.74, 6) is -2.01. The highest BCUT2D eigenvalue weighted by Crippen LogP contribution is 2.18. The topological polar surface area (TPSA) is 92.7 Å². The summed E-state index contributed by atoms with van der Waals surface area (Å²) in [6, 6.07) is 16.8. The van der Waals surface area contributed by atoms with E-state index in [0.29, 0.717) is 0 Å². The minimum atomic E-state index is -1.34. The van der Waals surface area contributed by atoms with Gasteiger partial charge in [0, 0.05) is 12.3 Å². The molecule has 2 aromatic carbocycles. The molecule has 136 valence electrons. The zero-order valence-corrected chi connectivity index (χ0v) is 14.4. The van der Waals surface area contributed by atoms with Gasteiger partial charge in [0.15, 0.2) is 0 Å². The Balaban J connectivity index is 1.90. The number of rotatable bonds is 8. The van der Waals surface area contributed by atoms with Gasteiger partial charge in [-0.1, -0.05) is 67.6 Å². The van der Waals surface area contributed by atoms with E-state index in [-0.39, 0.29) is 18.8 Å². The molecule has 2 aromatic rings. The van der Waals surface area contributed by atoms with Gasteiger partial charge in [0.05, 0.1) is 0 Å². The second-order valence-electron chi connectivity index (χ2n) is 5.90. The number of carboxylic acids is 1. The van der Waals surface area contributed by atoms with Crippen molar-refractivity contribution < 1.29 is 24.2 Å². The van der Waals surface area contributed by atoms with Gasteiger partial charge in [-0.15, -0.1) is 0 Å². The fourth-order valence-electron chi connectivity index (χ4n) is 2.41. The molecule has 0 aromatic heterocycles. The molecule has 2 unspecified atom stereocenters. The summed E-state index contributed by atoms with van der Waals surface area (Å²) in [7, 11) is 0. The summed E-state index contributed by atoms with van der Waals surface area (Å²) in [6.07, 6.45) is -1.19. The van der Waals surface area contributed by atoms with E-state index < -0.39 is 24.0 Å². The molecule has 2 N–H and O–H groups in total. The fourth-order valence-corrected chi connectivity index (χ4v) is 2.41. The maximum atomic E-state index is 12.4. The van der Waals surface area contributed by atoms with Crippen molar-refractivity contribution in [3.05, 3.63) is 71.8 Å². The van der Waals surface area contributed by atoms with Crippen molar-refractivity contribution in [1.29, 1.82) is 0 Å². The average Bonchev–Trinajstić information content (AvgIpc) is 2.66. The highest BCUT2D eigenvalue weighted by atomic mass is 16.5. The van der Waals surface area contributed by atoms with Gasteiger partial charge in [0.2, 0.25) is 0 Å². The Morgan fingerprint density at radius 2 is 1.58 bits per heavy atom. The van der Waals surface area contributed by atoms with Gasteiger partial charge in [-0.05, 0) is 11.1 Å². The van der Waals surface area contributed by atoms with Crippen LogP contribution in [-0.2, 0) is 20.9 Å². The van der Waals surface area contributed by atoms with Gasteiger partial charge < -0.3 is 15.2 Å². The number of ketones is 1. The molecule has 0 saturated carbocycles. The van der Waals surface area contributed by atoms with Crippen LogP contribution in [0.5, 0.6) is 0 Å². The number of benzene rings is 2. The average molecular weight is 355 g/mol. The quantitative estimate of drug-likeness (QED) is 0.759. The van der Waals surface area contributed by atoms with Gasteiger partial charge in [-0.3, -0.25) is 4.79 Å². The Labute approximate surface area is 151 Å². The highest BCUT2D eigenvalue weighted by Gasteiger charge is 2.26. The molecule has 6 heteroatoms. The molecule has 0 heterocycles.